The summed E-state index contributed by atoms with van der Waals surface area (Å²) < 4.78 is 19.4. The van der Waals surface area contributed by atoms with Crippen LogP contribution in [0.25, 0.3) is 0 Å². The van der Waals surface area contributed by atoms with Gasteiger partial charge in [0.05, 0.1) is 13.2 Å². The van der Waals surface area contributed by atoms with Crippen molar-refractivity contribution in [3.8, 4) is 5.75 Å². The number of nitrogens with zero attached hydrogens (tertiary/aromatic N) is 2. The average Bonchev–Trinajstić information content (AvgIpc) is 3.16. The molecular weight excluding hydrogens is 438 g/mol. The summed E-state index contributed by atoms with van der Waals surface area (Å²) in [7, 11) is 0. The quantitative estimate of drug-likeness (QED) is 0.648. The summed E-state index contributed by atoms with van der Waals surface area (Å²) in [5, 5.41) is 2.23. The van der Waals surface area contributed by atoms with E-state index in [0.717, 1.165) is 11.1 Å². The Morgan fingerprint density at radius 2 is 1.88 bits per heavy atom. The SMILES string of the molecule is [2H]C1CC(=O)NC(=O)C1N1Cc2c(OCc3ccc(CN4CCOCC4=O)cc3)cccc2C1=O. The van der Waals surface area contributed by atoms with Crippen LogP contribution in [-0.4, -0.2) is 59.2 Å². The molecule has 3 aliphatic heterocycles. The summed E-state index contributed by atoms with van der Waals surface area (Å²) in [4.78, 5) is 52.0. The number of rotatable bonds is 6. The van der Waals surface area contributed by atoms with Crippen LogP contribution in [0.1, 0.15) is 41.2 Å². The Morgan fingerprint density at radius 3 is 2.65 bits per heavy atom. The van der Waals surface area contributed by atoms with Crippen molar-refractivity contribution in [1.29, 1.82) is 0 Å². The fourth-order valence-electron chi connectivity index (χ4n) is 4.38. The molecule has 0 spiro atoms. The summed E-state index contributed by atoms with van der Waals surface area (Å²) in [6, 6.07) is 11.9. The van der Waals surface area contributed by atoms with Gasteiger partial charge in [-0.05, 0) is 29.7 Å². The molecule has 3 aliphatic rings. The molecule has 0 aromatic heterocycles. The number of fused-ring (bicyclic) bond motifs is 1. The van der Waals surface area contributed by atoms with Gasteiger partial charge in [-0.25, -0.2) is 0 Å². The molecule has 2 aromatic carbocycles. The van der Waals surface area contributed by atoms with Crippen LogP contribution in [0.3, 0.4) is 0 Å². The number of piperidine rings is 1. The lowest BCUT2D eigenvalue weighted by Crippen LogP contribution is -2.52. The van der Waals surface area contributed by atoms with E-state index >= 15 is 0 Å². The molecule has 34 heavy (non-hydrogen) atoms. The Bertz CT molecular complexity index is 1180. The molecule has 2 saturated heterocycles. The van der Waals surface area contributed by atoms with Crippen molar-refractivity contribution in [3.63, 3.8) is 0 Å². The zero-order valence-corrected chi connectivity index (χ0v) is 18.5. The molecule has 1 N–H and O–H groups in total. The Morgan fingerprint density at radius 1 is 1.09 bits per heavy atom. The van der Waals surface area contributed by atoms with Gasteiger partial charge >= 0.3 is 0 Å². The maximum Gasteiger partial charge on any atom is 0.255 e. The number of ether oxygens (including phenoxy) is 2. The van der Waals surface area contributed by atoms with E-state index in [1.54, 1.807) is 23.1 Å². The van der Waals surface area contributed by atoms with Crippen LogP contribution < -0.4 is 10.1 Å². The number of morpholine rings is 1. The van der Waals surface area contributed by atoms with Crippen LogP contribution in [-0.2, 0) is 38.8 Å². The van der Waals surface area contributed by atoms with Gasteiger partial charge in [0.15, 0.2) is 0 Å². The first-order chi connectivity index (χ1) is 16.9. The highest BCUT2D eigenvalue weighted by Crippen LogP contribution is 2.34. The van der Waals surface area contributed by atoms with Gasteiger partial charge in [-0.3, -0.25) is 24.5 Å². The average molecular weight is 464 g/mol. The van der Waals surface area contributed by atoms with E-state index in [2.05, 4.69) is 5.32 Å². The summed E-state index contributed by atoms with van der Waals surface area (Å²) in [5.41, 5.74) is 3.04. The van der Waals surface area contributed by atoms with Crippen molar-refractivity contribution in [1.82, 2.24) is 15.1 Å². The Labute approximate surface area is 198 Å². The first-order valence-corrected chi connectivity index (χ1v) is 11.2. The van der Waals surface area contributed by atoms with Crippen molar-refractivity contribution >= 4 is 23.6 Å². The summed E-state index contributed by atoms with van der Waals surface area (Å²) in [6.45, 7) is 2.20. The minimum Gasteiger partial charge on any atom is -0.489 e. The first kappa shape index (κ1) is 20.9. The predicted octanol–water partition coefficient (Wildman–Crippen LogP) is 1.39. The van der Waals surface area contributed by atoms with Crippen molar-refractivity contribution in [3.05, 3.63) is 64.7 Å². The zero-order chi connectivity index (χ0) is 24.5. The molecule has 2 fully saturated rings. The fraction of sp³-hybridized carbons (Fsp3) is 0.360. The van der Waals surface area contributed by atoms with Gasteiger partial charge < -0.3 is 19.3 Å². The highest BCUT2D eigenvalue weighted by atomic mass is 16.5. The van der Waals surface area contributed by atoms with Gasteiger partial charge in [-0.15, -0.1) is 0 Å². The standard InChI is InChI=1S/C25H25N3O6/c29-22-9-8-20(24(31)26-22)28-13-19-18(25(28)32)2-1-3-21(19)34-14-17-6-4-16(5-7-17)12-27-10-11-33-15-23(27)30/h1-7,20H,8-15H2,(H,26,29,31)/i8D. The number of imide groups is 1. The molecule has 0 radical (unpaired) electrons. The lowest BCUT2D eigenvalue weighted by molar-refractivity contribution is -0.143. The van der Waals surface area contributed by atoms with Crippen LogP contribution in [0.15, 0.2) is 42.5 Å². The van der Waals surface area contributed by atoms with E-state index in [1.807, 2.05) is 24.3 Å². The smallest absolute Gasteiger partial charge is 0.255 e. The van der Waals surface area contributed by atoms with Gasteiger partial charge in [-0.2, -0.15) is 0 Å². The maximum absolute atomic E-state index is 13.0. The van der Waals surface area contributed by atoms with Crippen LogP contribution in [0.2, 0.25) is 0 Å². The number of benzene rings is 2. The molecule has 9 nitrogen and oxygen atoms in total. The van der Waals surface area contributed by atoms with Crippen molar-refractivity contribution in [2.24, 2.45) is 0 Å². The monoisotopic (exact) mass is 464 g/mol. The molecule has 0 aliphatic carbocycles. The van der Waals surface area contributed by atoms with Crippen molar-refractivity contribution in [2.45, 2.75) is 38.6 Å². The summed E-state index contributed by atoms with van der Waals surface area (Å²) >= 11 is 0. The number of carbonyl (C=O) groups excluding carboxylic acids is 4. The van der Waals surface area contributed by atoms with E-state index in [4.69, 9.17) is 10.8 Å². The number of hydrogen-bond acceptors (Lipinski definition) is 6. The predicted molar refractivity (Wildman–Crippen MR) is 119 cm³/mol. The highest BCUT2D eigenvalue weighted by molar-refractivity contribution is 6.05. The fourth-order valence-corrected chi connectivity index (χ4v) is 4.38. The Balaban J connectivity index is 1.25. The molecule has 5 rings (SSSR count). The second-order valence-electron chi connectivity index (χ2n) is 8.49. The van der Waals surface area contributed by atoms with Crippen molar-refractivity contribution in [2.75, 3.05) is 19.8 Å². The number of nitrogens with one attached hydrogen (secondary N) is 1. The normalized spacial score (nSPS) is 23.0. The lowest BCUT2D eigenvalue weighted by atomic mass is 10.0. The number of amides is 4. The molecule has 0 saturated carbocycles. The molecule has 0 bridgehead atoms. The van der Waals surface area contributed by atoms with Gasteiger partial charge in [0.25, 0.3) is 5.91 Å². The number of carbonyl (C=O) groups is 4. The van der Waals surface area contributed by atoms with Gasteiger partial charge in [0.2, 0.25) is 17.7 Å². The van der Waals surface area contributed by atoms with E-state index in [9.17, 15) is 19.2 Å². The molecule has 2 atom stereocenters. The lowest BCUT2D eigenvalue weighted by Gasteiger charge is -2.29. The molecule has 2 aromatic rings. The van der Waals surface area contributed by atoms with Crippen LogP contribution >= 0.6 is 0 Å². The third-order valence-corrected chi connectivity index (χ3v) is 6.22. The van der Waals surface area contributed by atoms with Gasteiger partial charge in [0, 0.05) is 32.0 Å². The highest BCUT2D eigenvalue weighted by Gasteiger charge is 2.40. The summed E-state index contributed by atoms with van der Waals surface area (Å²) in [6.07, 6.45) is -1.14. The van der Waals surface area contributed by atoms with Crippen LogP contribution in [0.5, 0.6) is 5.75 Å². The molecule has 3 heterocycles. The molecule has 176 valence electrons. The van der Waals surface area contributed by atoms with E-state index in [1.165, 1.54) is 4.90 Å². The van der Waals surface area contributed by atoms with Crippen LogP contribution in [0.4, 0.5) is 0 Å². The van der Waals surface area contributed by atoms with E-state index < -0.39 is 24.3 Å². The third-order valence-electron chi connectivity index (χ3n) is 6.22. The minimum absolute atomic E-state index is 0.0146. The van der Waals surface area contributed by atoms with E-state index in [0.29, 0.717) is 36.6 Å². The number of hydrogen-bond donors (Lipinski definition) is 1. The Hall–Kier alpha value is -3.72. The zero-order valence-electron chi connectivity index (χ0n) is 19.5. The Kier molecular flexibility index (Phi) is 5.68. The summed E-state index contributed by atoms with van der Waals surface area (Å²) in [5.74, 6) is -0.945. The second kappa shape index (κ2) is 9.26. The molecule has 2 unspecified atom stereocenters. The molecular formula is C25H25N3O6. The minimum atomic E-state index is -1.02. The molecule has 9 heteroatoms. The topological polar surface area (TPSA) is 105 Å². The largest absolute Gasteiger partial charge is 0.489 e. The maximum atomic E-state index is 13.0. The third kappa shape index (κ3) is 4.38. The van der Waals surface area contributed by atoms with Crippen LogP contribution in [0, 0.1) is 0 Å². The molecule has 4 amide bonds. The van der Waals surface area contributed by atoms with Gasteiger partial charge in [-0.1, -0.05) is 30.3 Å². The first-order valence-electron chi connectivity index (χ1n) is 11.7. The van der Waals surface area contributed by atoms with E-state index in [-0.39, 0.29) is 38.0 Å². The second-order valence-corrected chi connectivity index (χ2v) is 8.49. The van der Waals surface area contributed by atoms with Crippen molar-refractivity contribution < 1.29 is 30.0 Å². The van der Waals surface area contributed by atoms with Gasteiger partial charge in [0.1, 0.15) is 25.0 Å².